The first-order valence-corrected chi connectivity index (χ1v) is 23.8. The van der Waals surface area contributed by atoms with Gasteiger partial charge in [0.2, 0.25) is 5.91 Å². The first-order chi connectivity index (χ1) is 30.9. The Bertz CT molecular complexity index is 1850. The maximum absolute atomic E-state index is 14.4. The highest BCUT2D eigenvalue weighted by Crippen LogP contribution is 2.47. The summed E-state index contributed by atoms with van der Waals surface area (Å²) in [5, 5.41) is 26.7. The van der Waals surface area contributed by atoms with Gasteiger partial charge in [-0.2, -0.15) is 0 Å². The van der Waals surface area contributed by atoms with Crippen LogP contribution in [0.3, 0.4) is 0 Å². The summed E-state index contributed by atoms with van der Waals surface area (Å²) in [6.07, 6.45) is 9.46. The Kier molecular flexibility index (Phi) is 16.0. The van der Waals surface area contributed by atoms with Crippen molar-refractivity contribution in [3.05, 3.63) is 59.3 Å². The summed E-state index contributed by atoms with van der Waals surface area (Å²) >= 11 is 0. The van der Waals surface area contributed by atoms with Crippen molar-refractivity contribution in [3.8, 4) is 0 Å². The van der Waals surface area contributed by atoms with Crippen molar-refractivity contribution >= 4 is 11.9 Å². The molecule has 364 valence electrons. The number of nitrogens with one attached hydrogen (secondary N) is 1. The highest BCUT2D eigenvalue weighted by Gasteiger charge is 2.60. The minimum atomic E-state index is -1.84. The topological polar surface area (TPSA) is 179 Å². The van der Waals surface area contributed by atoms with E-state index in [9.17, 15) is 19.8 Å². The summed E-state index contributed by atoms with van der Waals surface area (Å²) < 4.78 is 64.4. The Morgan fingerprint density at radius 3 is 2.35 bits per heavy atom. The second-order valence-corrected chi connectivity index (χ2v) is 19.7. The highest BCUT2D eigenvalue weighted by atomic mass is 16.7. The molecule has 6 heterocycles. The van der Waals surface area contributed by atoms with E-state index in [1.54, 1.807) is 33.3 Å². The number of carbonyl (C=O) groups is 2. The number of ether oxygens (including phenoxy) is 10. The van der Waals surface area contributed by atoms with Gasteiger partial charge in [0.05, 0.1) is 55.4 Å². The van der Waals surface area contributed by atoms with Gasteiger partial charge in [-0.15, -0.1) is 0 Å². The van der Waals surface area contributed by atoms with Crippen LogP contribution in [0.1, 0.15) is 101 Å². The Labute approximate surface area is 385 Å². The summed E-state index contributed by atoms with van der Waals surface area (Å²) in [6.45, 7) is 17.7. The van der Waals surface area contributed by atoms with Crippen molar-refractivity contribution in [1.29, 1.82) is 0 Å². The van der Waals surface area contributed by atoms with Gasteiger partial charge >= 0.3 is 5.97 Å². The van der Waals surface area contributed by atoms with Gasteiger partial charge in [0.15, 0.2) is 18.4 Å². The molecule has 0 unspecified atom stereocenters. The van der Waals surface area contributed by atoms with Crippen LogP contribution in [0.5, 0.6) is 0 Å². The largest absolute Gasteiger partial charge is 0.462 e. The smallest absolute Gasteiger partial charge is 0.316 e. The maximum Gasteiger partial charge on any atom is 0.316 e. The summed E-state index contributed by atoms with van der Waals surface area (Å²) in [5.41, 5.74) is 0.116. The molecule has 4 fully saturated rings. The van der Waals surface area contributed by atoms with Gasteiger partial charge in [0.1, 0.15) is 35.9 Å². The molecule has 0 aromatic rings. The van der Waals surface area contributed by atoms with Gasteiger partial charge in [0, 0.05) is 58.7 Å². The van der Waals surface area contributed by atoms with E-state index in [0.717, 1.165) is 12.0 Å². The third kappa shape index (κ3) is 10.6. The van der Waals surface area contributed by atoms with Crippen LogP contribution in [0, 0.1) is 23.7 Å². The second-order valence-electron chi connectivity index (χ2n) is 19.7. The number of fused-ring (bicyclic) bond motifs is 2. The van der Waals surface area contributed by atoms with E-state index in [0.29, 0.717) is 36.8 Å². The minimum absolute atomic E-state index is 0.0270. The SMILES string of the molecule is CC[C@@H](C)[C@@H]1O[C@]2(C=C[C@H]1C)C[C@@H]1C[C@H](C/C=C(/C)[C@H](O[C@H]3C[C@H](OC)[C@H](O[C@H]4C[C@H](OC)[C@H](NC(C)=O)[C@H](C)O4)[C@H](C)O3)[C@H](C)/C=C\C=C3CO[C@H]4[C@H](O)C(C)=C[C@@H](C(=O)O1)[C@@]34O)O2. The first kappa shape index (κ1) is 50.1. The fraction of sp³-hybridized carbons (Fsp3) is 0.760. The average molecular weight is 914 g/mol. The van der Waals surface area contributed by atoms with E-state index in [4.69, 9.17) is 47.4 Å². The number of allylic oxidation sites excluding steroid dienone is 2. The monoisotopic (exact) mass is 914 g/mol. The minimum Gasteiger partial charge on any atom is -0.462 e. The van der Waals surface area contributed by atoms with Gasteiger partial charge in [0.25, 0.3) is 0 Å². The van der Waals surface area contributed by atoms with Crippen LogP contribution in [0.4, 0.5) is 0 Å². The summed E-state index contributed by atoms with van der Waals surface area (Å²) in [6, 6.07) is -0.315. The molecule has 0 radical (unpaired) electrons. The fourth-order valence-electron chi connectivity index (χ4n) is 11.0. The van der Waals surface area contributed by atoms with Crippen LogP contribution >= 0.6 is 0 Å². The van der Waals surface area contributed by atoms with Gasteiger partial charge in [-0.1, -0.05) is 70.6 Å². The third-order valence-corrected chi connectivity index (χ3v) is 14.9. The number of hydrogen-bond acceptors (Lipinski definition) is 14. The van der Waals surface area contributed by atoms with E-state index in [1.807, 2.05) is 39.0 Å². The standard InChI is InChI=1S/C50H75NO14/c1-12-26(2)45-29(5)18-19-49(65-45)24-36-21-35(64-49)17-16-28(4)44(27(3)14-13-15-34-25-58-47-43(53)30(6)20-37(48(54)61-36)50(34,47)55)62-41-23-39(57-11)46(32(8)60-41)63-40-22-38(56-10)42(31(7)59-40)51-33(9)52/h13-16,18-20,26-27,29,31-32,35-47,53,55H,12,17,21-25H2,1-11H3,(H,51,52)/b14-13-,28-16-,34-15?/t26-,27-,29-,31+,32+,35+,36+,37+,38+,39+,40+,41+,42-,43-,44-,45+,46-,47+,49-,50+/m1/s1. The maximum atomic E-state index is 14.4. The van der Waals surface area contributed by atoms with E-state index in [-0.39, 0.29) is 61.0 Å². The summed E-state index contributed by atoms with van der Waals surface area (Å²) in [7, 11) is 3.27. The van der Waals surface area contributed by atoms with Crippen molar-refractivity contribution in [2.75, 3.05) is 20.8 Å². The van der Waals surface area contributed by atoms with Crippen LogP contribution in [0.15, 0.2) is 59.3 Å². The lowest BCUT2D eigenvalue weighted by molar-refractivity contribution is -0.311. The molecule has 15 nitrogen and oxygen atoms in total. The lowest BCUT2D eigenvalue weighted by Gasteiger charge is -2.48. The molecule has 1 amide bonds. The molecule has 20 atom stereocenters. The Morgan fingerprint density at radius 2 is 1.65 bits per heavy atom. The van der Waals surface area contributed by atoms with Crippen molar-refractivity contribution in [2.24, 2.45) is 23.7 Å². The van der Waals surface area contributed by atoms with Gasteiger partial charge in [-0.3, -0.25) is 9.59 Å². The Hall–Kier alpha value is -2.80. The lowest BCUT2D eigenvalue weighted by atomic mass is 9.71. The first-order valence-electron chi connectivity index (χ1n) is 23.8. The predicted octanol–water partition coefficient (Wildman–Crippen LogP) is 5.52. The molecule has 7 rings (SSSR count). The normalized spacial score (nSPS) is 46.5. The molecule has 4 saturated heterocycles. The highest BCUT2D eigenvalue weighted by molar-refractivity contribution is 5.78. The van der Waals surface area contributed by atoms with E-state index in [2.05, 4.69) is 45.2 Å². The molecule has 1 spiro atoms. The predicted molar refractivity (Wildman–Crippen MR) is 239 cm³/mol. The molecule has 7 aliphatic rings. The number of amides is 1. The third-order valence-electron chi connectivity index (χ3n) is 14.9. The molecular formula is C50H75NO14. The Morgan fingerprint density at radius 1 is 0.938 bits per heavy atom. The van der Waals surface area contributed by atoms with Crippen LogP contribution in [0.2, 0.25) is 0 Å². The van der Waals surface area contributed by atoms with Crippen molar-refractivity contribution in [2.45, 2.75) is 198 Å². The van der Waals surface area contributed by atoms with Gasteiger partial charge in [-0.25, -0.2) is 0 Å². The number of esters is 1. The van der Waals surface area contributed by atoms with E-state index < -0.39 is 84.7 Å². The number of methoxy groups -OCH3 is 2. The molecule has 6 aliphatic heterocycles. The van der Waals surface area contributed by atoms with E-state index >= 15 is 0 Å². The van der Waals surface area contributed by atoms with Crippen molar-refractivity contribution in [1.82, 2.24) is 5.32 Å². The molecule has 0 saturated carbocycles. The summed E-state index contributed by atoms with van der Waals surface area (Å²) in [5.74, 6) is -2.75. The average Bonchev–Trinajstić information content (AvgIpc) is 3.61. The second kappa shape index (κ2) is 20.8. The molecule has 15 heteroatoms. The van der Waals surface area contributed by atoms with Crippen molar-refractivity contribution in [3.63, 3.8) is 0 Å². The molecule has 0 aromatic carbocycles. The van der Waals surface area contributed by atoms with Crippen LogP contribution in [0.25, 0.3) is 0 Å². The lowest BCUT2D eigenvalue weighted by Crippen LogP contribution is -2.58. The van der Waals surface area contributed by atoms with Crippen molar-refractivity contribution < 1.29 is 67.2 Å². The zero-order valence-electron chi connectivity index (χ0n) is 40.2. The summed E-state index contributed by atoms with van der Waals surface area (Å²) in [4.78, 5) is 26.3. The number of aliphatic hydroxyl groups excluding tert-OH is 1. The quantitative estimate of drug-likeness (QED) is 0.195. The number of aliphatic hydroxyl groups is 2. The van der Waals surface area contributed by atoms with Crippen LogP contribution in [-0.2, 0) is 57.0 Å². The Balaban J connectivity index is 1.16. The van der Waals surface area contributed by atoms with Crippen LogP contribution in [-0.4, -0.2) is 140 Å². The molecule has 1 aliphatic carbocycles. The van der Waals surface area contributed by atoms with Gasteiger partial charge < -0.3 is 62.9 Å². The fourth-order valence-corrected chi connectivity index (χ4v) is 11.0. The number of carbonyl (C=O) groups excluding carboxylic acids is 2. The molecule has 0 aromatic heterocycles. The zero-order chi connectivity index (χ0) is 47.0. The number of rotatable bonds is 9. The molecule has 2 bridgehead atoms. The van der Waals surface area contributed by atoms with Crippen LogP contribution < -0.4 is 5.32 Å². The molecule has 65 heavy (non-hydrogen) atoms. The van der Waals surface area contributed by atoms with E-state index in [1.165, 1.54) is 6.92 Å². The zero-order valence-corrected chi connectivity index (χ0v) is 40.2. The molecule has 3 N–H and O–H groups in total. The number of hydrogen-bond donors (Lipinski definition) is 3. The van der Waals surface area contributed by atoms with Gasteiger partial charge in [-0.05, 0) is 62.8 Å². The molecular weight excluding hydrogens is 839 g/mol.